The molecule has 0 nitrogen and oxygen atoms in total. The summed E-state index contributed by atoms with van der Waals surface area (Å²) < 4.78 is 0. The minimum absolute atomic E-state index is 0.751. The fraction of sp³-hybridized carbons (Fsp3) is 1.00. The lowest BCUT2D eigenvalue weighted by molar-refractivity contribution is -0.0808. The molecule has 108 valence electrons. The van der Waals surface area contributed by atoms with Crippen molar-refractivity contribution >= 4 is 0 Å². The van der Waals surface area contributed by atoms with E-state index in [1.807, 2.05) is 0 Å². The maximum atomic E-state index is 2.65. The molecule has 4 fully saturated rings. The Morgan fingerprint density at radius 2 is 1.47 bits per heavy atom. The van der Waals surface area contributed by atoms with Crippen LogP contribution < -0.4 is 0 Å². The van der Waals surface area contributed by atoms with E-state index in [1.54, 1.807) is 64.2 Å². The third-order valence-electron chi connectivity index (χ3n) is 7.91. The van der Waals surface area contributed by atoms with Crippen molar-refractivity contribution in [3.8, 4) is 0 Å². The maximum Gasteiger partial charge on any atom is -0.0295 e. The van der Waals surface area contributed by atoms with Gasteiger partial charge in [0.2, 0.25) is 0 Å². The zero-order valence-corrected chi connectivity index (χ0v) is 12.9. The van der Waals surface area contributed by atoms with Gasteiger partial charge in [-0.15, -0.1) is 0 Å². The Hall–Kier alpha value is 0. The molecule has 1 unspecified atom stereocenters. The van der Waals surface area contributed by atoms with Gasteiger partial charge in [-0.25, -0.2) is 0 Å². The summed E-state index contributed by atoms with van der Waals surface area (Å²) in [7, 11) is 0. The van der Waals surface area contributed by atoms with E-state index in [1.165, 1.54) is 12.8 Å². The largest absolute Gasteiger partial charge is 0.0594 e. The van der Waals surface area contributed by atoms with Crippen LogP contribution in [-0.2, 0) is 0 Å². The van der Waals surface area contributed by atoms with Crippen LogP contribution in [0.4, 0.5) is 0 Å². The second kappa shape index (κ2) is 4.78. The lowest BCUT2D eigenvalue weighted by atomic mass is 9.47. The fourth-order valence-corrected chi connectivity index (χ4v) is 6.99. The van der Waals surface area contributed by atoms with Gasteiger partial charge in [-0.3, -0.25) is 0 Å². The van der Waals surface area contributed by atoms with Crippen LogP contribution in [0, 0.1) is 35.0 Å². The minimum Gasteiger partial charge on any atom is -0.0594 e. The van der Waals surface area contributed by atoms with E-state index in [2.05, 4.69) is 6.92 Å². The number of fused-ring (bicyclic) bond motifs is 5. The molecule has 0 heterocycles. The van der Waals surface area contributed by atoms with Gasteiger partial charge in [-0.2, -0.15) is 0 Å². The van der Waals surface area contributed by atoms with E-state index >= 15 is 0 Å². The number of rotatable bonds is 0. The van der Waals surface area contributed by atoms with Crippen molar-refractivity contribution in [1.82, 2.24) is 0 Å². The average Bonchev–Trinajstić information content (AvgIpc) is 2.46. The van der Waals surface area contributed by atoms with Gasteiger partial charge in [0.05, 0.1) is 0 Å². The predicted molar refractivity (Wildman–Crippen MR) is 81.0 cm³/mol. The summed E-state index contributed by atoms with van der Waals surface area (Å²) in [5, 5.41) is 0. The summed E-state index contributed by atoms with van der Waals surface area (Å²) in [4.78, 5) is 0. The van der Waals surface area contributed by atoms with Gasteiger partial charge in [0, 0.05) is 0 Å². The first kappa shape index (κ1) is 12.7. The first-order valence-electron chi connectivity index (χ1n) is 9.28. The molecular formula is C19H32. The third-order valence-corrected chi connectivity index (χ3v) is 7.91. The van der Waals surface area contributed by atoms with Gasteiger partial charge in [0.1, 0.15) is 0 Å². The monoisotopic (exact) mass is 260 g/mol. The molecule has 4 saturated carbocycles. The Balaban J connectivity index is 1.57. The highest BCUT2D eigenvalue weighted by molar-refractivity contribution is 5.01. The van der Waals surface area contributed by atoms with Crippen LogP contribution in [0.25, 0.3) is 0 Å². The van der Waals surface area contributed by atoms with Crippen LogP contribution in [0.5, 0.6) is 0 Å². The molecule has 0 aromatic rings. The number of hydrogen-bond donors (Lipinski definition) is 0. The lowest BCUT2D eigenvalue weighted by Crippen LogP contribution is -2.49. The van der Waals surface area contributed by atoms with E-state index in [0.29, 0.717) is 0 Å². The van der Waals surface area contributed by atoms with Crippen LogP contribution in [0.1, 0.15) is 84.0 Å². The van der Waals surface area contributed by atoms with Crippen LogP contribution in [0.2, 0.25) is 0 Å². The summed E-state index contributed by atoms with van der Waals surface area (Å²) in [6.45, 7) is 2.65. The van der Waals surface area contributed by atoms with E-state index in [-0.39, 0.29) is 0 Å². The standard InChI is InChI=1S/C19H32/c1-19-12-5-4-8-18(19)17-10-9-14-6-2-3-7-15(14)16(17)11-13-19/h14-18H,2-13H2,1H3/t14?,15-,16+,17+,18-,19-/m0/s1. The summed E-state index contributed by atoms with van der Waals surface area (Å²) in [6.07, 6.45) is 18.8. The fourth-order valence-electron chi connectivity index (χ4n) is 6.99. The van der Waals surface area contributed by atoms with Gasteiger partial charge >= 0.3 is 0 Å². The van der Waals surface area contributed by atoms with Gasteiger partial charge in [-0.1, -0.05) is 39.0 Å². The Morgan fingerprint density at radius 3 is 2.42 bits per heavy atom. The molecule has 0 bridgehead atoms. The first-order chi connectivity index (χ1) is 9.28. The Kier molecular flexibility index (Phi) is 3.20. The molecule has 0 amide bonds. The van der Waals surface area contributed by atoms with Crippen molar-refractivity contribution in [1.29, 1.82) is 0 Å². The molecule has 0 saturated heterocycles. The van der Waals surface area contributed by atoms with Crippen molar-refractivity contribution in [3.05, 3.63) is 0 Å². The molecule has 0 aromatic heterocycles. The van der Waals surface area contributed by atoms with Gasteiger partial charge in [0.15, 0.2) is 0 Å². The highest BCUT2D eigenvalue weighted by Crippen LogP contribution is 2.61. The molecule has 4 aliphatic rings. The van der Waals surface area contributed by atoms with Gasteiger partial charge in [-0.05, 0) is 80.0 Å². The van der Waals surface area contributed by atoms with Crippen LogP contribution in [0.3, 0.4) is 0 Å². The summed E-state index contributed by atoms with van der Waals surface area (Å²) in [5.41, 5.74) is 0.751. The molecule has 6 atom stereocenters. The topological polar surface area (TPSA) is 0 Å². The lowest BCUT2D eigenvalue weighted by Gasteiger charge is -2.58. The predicted octanol–water partition coefficient (Wildman–Crippen LogP) is 5.81. The van der Waals surface area contributed by atoms with Gasteiger partial charge < -0.3 is 0 Å². The summed E-state index contributed by atoms with van der Waals surface area (Å²) in [6, 6.07) is 0. The van der Waals surface area contributed by atoms with Crippen LogP contribution in [0.15, 0.2) is 0 Å². The molecule has 0 aromatic carbocycles. The molecule has 0 heteroatoms. The molecule has 0 aliphatic heterocycles. The average molecular weight is 260 g/mol. The summed E-state index contributed by atoms with van der Waals surface area (Å²) in [5.74, 6) is 5.69. The van der Waals surface area contributed by atoms with E-state index < -0.39 is 0 Å². The van der Waals surface area contributed by atoms with Crippen molar-refractivity contribution in [3.63, 3.8) is 0 Å². The first-order valence-corrected chi connectivity index (χ1v) is 9.28. The second-order valence-corrected chi connectivity index (χ2v) is 8.66. The highest BCUT2D eigenvalue weighted by atomic mass is 14.6. The van der Waals surface area contributed by atoms with Gasteiger partial charge in [0.25, 0.3) is 0 Å². The normalized spacial score (nSPS) is 53.8. The van der Waals surface area contributed by atoms with Crippen molar-refractivity contribution < 1.29 is 0 Å². The quantitative estimate of drug-likeness (QED) is 0.515. The Bertz CT molecular complexity index is 333. The SMILES string of the molecule is C[C@@]12CCCC[C@H]1[C@@H]1CCC3CCCC[C@@H]3[C@H]1CC2. The second-order valence-electron chi connectivity index (χ2n) is 8.66. The summed E-state index contributed by atoms with van der Waals surface area (Å²) >= 11 is 0. The zero-order chi connectivity index (χ0) is 12.9. The van der Waals surface area contributed by atoms with E-state index in [4.69, 9.17) is 0 Å². The molecule has 4 aliphatic carbocycles. The smallest absolute Gasteiger partial charge is 0.0295 e. The maximum absolute atomic E-state index is 2.65. The molecule has 19 heavy (non-hydrogen) atoms. The van der Waals surface area contributed by atoms with Crippen molar-refractivity contribution in [2.24, 2.45) is 35.0 Å². The van der Waals surface area contributed by atoms with E-state index in [0.717, 1.165) is 35.0 Å². The molecule has 0 spiro atoms. The Labute approximate surface area is 119 Å². The van der Waals surface area contributed by atoms with Crippen LogP contribution >= 0.6 is 0 Å². The molecule has 0 radical (unpaired) electrons. The zero-order valence-electron chi connectivity index (χ0n) is 12.9. The molecule has 0 N–H and O–H groups in total. The third kappa shape index (κ3) is 2.00. The highest BCUT2D eigenvalue weighted by Gasteiger charge is 2.51. The van der Waals surface area contributed by atoms with Crippen LogP contribution in [-0.4, -0.2) is 0 Å². The van der Waals surface area contributed by atoms with E-state index in [9.17, 15) is 0 Å². The molecular weight excluding hydrogens is 228 g/mol. The Morgan fingerprint density at radius 1 is 0.632 bits per heavy atom. The molecule has 4 rings (SSSR count). The number of hydrogen-bond acceptors (Lipinski definition) is 0. The minimum atomic E-state index is 0.751. The van der Waals surface area contributed by atoms with Crippen molar-refractivity contribution in [2.75, 3.05) is 0 Å². The van der Waals surface area contributed by atoms with Crippen molar-refractivity contribution in [2.45, 2.75) is 84.0 Å².